The SMILES string of the molecule is CCOc1ccccc1/C=C1\C(=O)NC(=S)N(c2cccc(Cl)c2C)C1=O. The molecule has 1 heterocycles. The highest BCUT2D eigenvalue weighted by atomic mass is 35.5. The maximum absolute atomic E-state index is 13.1. The number of hydrogen-bond acceptors (Lipinski definition) is 4. The smallest absolute Gasteiger partial charge is 0.270 e. The second-order valence-corrected chi connectivity index (χ2v) is 6.61. The van der Waals surface area contributed by atoms with Crippen molar-refractivity contribution in [2.75, 3.05) is 11.5 Å². The Balaban J connectivity index is 2.07. The van der Waals surface area contributed by atoms with Crippen LogP contribution in [0.25, 0.3) is 6.08 Å². The molecular weight excluding hydrogens is 384 g/mol. The molecule has 0 atom stereocenters. The zero-order chi connectivity index (χ0) is 19.6. The fourth-order valence-electron chi connectivity index (χ4n) is 2.76. The Morgan fingerprint density at radius 3 is 2.67 bits per heavy atom. The third kappa shape index (κ3) is 3.72. The van der Waals surface area contributed by atoms with Crippen LogP contribution in [0.2, 0.25) is 5.02 Å². The number of anilines is 1. The molecule has 2 amide bonds. The number of ether oxygens (including phenoxy) is 1. The molecule has 0 spiro atoms. The van der Waals surface area contributed by atoms with Crippen LogP contribution in [-0.2, 0) is 9.59 Å². The number of para-hydroxylation sites is 1. The fourth-order valence-corrected chi connectivity index (χ4v) is 3.20. The number of nitrogens with one attached hydrogen (secondary N) is 1. The van der Waals surface area contributed by atoms with Crippen LogP contribution in [0.3, 0.4) is 0 Å². The molecule has 27 heavy (non-hydrogen) atoms. The monoisotopic (exact) mass is 400 g/mol. The average Bonchev–Trinajstić information content (AvgIpc) is 2.63. The van der Waals surface area contributed by atoms with Gasteiger partial charge in [-0.15, -0.1) is 0 Å². The van der Waals surface area contributed by atoms with Gasteiger partial charge in [-0.2, -0.15) is 0 Å². The van der Waals surface area contributed by atoms with Gasteiger partial charge in [0.25, 0.3) is 11.8 Å². The first-order chi connectivity index (χ1) is 12.9. The van der Waals surface area contributed by atoms with Crippen LogP contribution >= 0.6 is 23.8 Å². The van der Waals surface area contributed by atoms with Gasteiger partial charge in [-0.3, -0.25) is 19.8 Å². The number of amides is 2. The predicted octanol–water partition coefficient (Wildman–Crippen LogP) is 3.88. The molecule has 0 saturated carbocycles. The molecule has 1 aliphatic rings. The van der Waals surface area contributed by atoms with Gasteiger partial charge in [0.1, 0.15) is 11.3 Å². The molecular formula is C20H17ClN2O3S. The van der Waals surface area contributed by atoms with Gasteiger partial charge in [0, 0.05) is 10.6 Å². The lowest BCUT2D eigenvalue weighted by atomic mass is 10.1. The summed E-state index contributed by atoms with van der Waals surface area (Å²) in [4.78, 5) is 26.8. The van der Waals surface area contributed by atoms with E-state index in [0.717, 1.165) is 0 Å². The van der Waals surface area contributed by atoms with Crippen molar-refractivity contribution in [3.05, 3.63) is 64.2 Å². The molecule has 1 fully saturated rings. The molecule has 0 aliphatic carbocycles. The van der Waals surface area contributed by atoms with Gasteiger partial charge in [-0.05, 0) is 55.9 Å². The number of carbonyl (C=O) groups excluding carboxylic acids is 2. The topological polar surface area (TPSA) is 58.6 Å². The summed E-state index contributed by atoms with van der Waals surface area (Å²) in [5.74, 6) is -0.473. The standard InChI is InChI=1S/C20H17ClN2O3S/c1-3-26-17-10-5-4-7-13(17)11-14-18(24)22-20(27)23(19(14)25)16-9-6-8-15(21)12(16)2/h4-11H,3H2,1-2H3,(H,22,24,27)/b14-11+. The third-order valence-electron chi connectivity index (χ3n) is 4.10. The molecule has 2 aromatic carbocycles. The van der Waals surface area contributed by atoms with Crippen LogP contribution in [0, 0.1) is 6.92 Å². The second-order valence-electron chi connectivity index (χ2n) is 5.81. The number of thiocarbonyl (C=S) groups is 1. The molecule has 138 valence electrons. The van der Waals surface area contributed by atoms with Crippen molar-refractivity contribution in [1.29, 1.82) is 0 Å². The molecule has 5 nitrogen and oxygen atoms in total. The number of halogens is 1. The number of benzene rings is 2. The van der Waals surface area contributed by atoms with Crippen LogP contribution < -0.4 is 15.0 Å². The van der Waals surface area contributed by atoms with E-state index in [1.165, 1.54) is 11.0 Å². The van der Waals surface area contributed by atoms with E-state index in [1.54, 1.807) is 37.3 Å². The van der Waals surface area contributed by atoms with E-state index in [0.29, 0.717) is 34.2 Å². The first-order valence-electron chi connectivity index (χ1n) is 8.32. The van der Waals surface area contributed by atoms with Crippen LogP contribution in [0.1, 0.15) is 18.1 Å². The molecule has 0 aromatic heterocycles. The minimum atomic E-state index is -0.549. The van der Waals surface area contributed by atoms with Crippen molar-refractivity contribution in [3.8, 4) is 5.75 Å². The third-order valence-corrected chi connectivity index (χ3v) is 4.79. The molecule has 1 N–H and O–H groups in total. The van der Waals surface area contributed by atoms with E-state index < -0.39 is 11.8 Å². The van der Waals surface area contributed by atoms with E-state index >= 15 is 0 Å². The van der Waals surface area contributed by atoms with Crippen molar-refractivity contribution < 1.29 is 14.3 Å². The van der Waals surface area contributed by atoms with Crippen molar-refractivity contribution in [3.63, 3.8) is 0 Å². The summed E-state index contributed by atoms with van der Waals surface area (Å²) in [5, 5.41) is 3.10. The molecule has 1 saturated heterocycles. The fraction of sp³-hybridized carbons (Fsp3) is 0.150. The minimum absolute atomic E-state index is 0.0191. The maximum atomic E-state index is 13.1. The molecule has 2 aromatic rings. The lowest BCUT2D eigenvalue weighted by Gasteiger charge is -2.30. The van der Waals surface area contributed by atoms with Gasteiger partial charge >= 0.3 is 0 Å². The summed E-state index contributed by atoms with van der Waals surface area (Å²) in [6, 6.07) is 12.4. The maximum Gasteiger partial charge on any atom is 0.270 e. The van der Waals surface area contributed by atoms with E-state index in [2.05, 4.69) is 5.32 Å². The Morgan fingerprint density at radius 1 is 1.19 bits per heavy atom. The molecule has 7 heteroatoms. The van der Waals surface area contributed by atoms with Crippen LogP contribution in [0.15, 0.2) is 48.0 Å². The number of carbonyl (C=O) groups is 2. The minimum Gasteiger partial charge on any atom is -0.493 e. The highest BCUT2D eigenvalue weighted by molar-refractivity contribution is 7.80. The summed E-state index contributed by atoms with van der Waals surface area (Å²) in [7, 11) is 0. The Kier molecular flexibility index (Phi) is 5.58. The van der Waals surface area contributed by atoms with E-state index in [9.17, 15) is 9.59 Å². The molecule has 0 bridgehead atoms. The lowest BCUT2D eigenvalue weighted by Crippen LogP contribution is -2.54. The lowest BCUT2D eigenvalue weighted by molar-refractivity contribution is -0.122. The Bertz CT molecular complexity index is 971. The molecule has 0 radical (unpaired) electrons. The largest absolute Gasteiger partial charge is 0.493 e. The van der Waals surface area contributed by atoms with Crippen molar-refractivity contribution in [2.24, 2.45) is 0 Å². The Hall–Kier alpha value is -2.70. The normalized spacial score (nSPS) is 15.9. The van der Waals surface area contributed by atoms with Crippen molar-refractivity contribution in [1.82, 2.24) is 5.32 Å². The van der Waals surface area contributed by atoms with Gasteiger partial charge in [0.05, 0.1) is 12.3 Å². The van der Waals surface area contributed by atoms with Gasteiger partial charge in [0.15, 0.2) is 5.11 Å². The number of rotatable bonds is 4. The van der Waals surface area contributed by atoms with E-state index in [-0.39, 0.29) is 10.7 Å². The molecule has 1 aliphatic heterocycles. The Morgan fingerprint density at radius 2 is 1.93 bits per heavy atom. The number of nitrogens with zero attached hydrogens (tertiary/aromatic N) is 1. The summed E-state index contributed by atoms with van der Waals surface area (Å²) >= 11 is 11.4. The van der Waals surface area contributed by atoms with Crippen LogP contribution in [0.4, 0.5) is 5.69 Å². The van der Waals surface area contributed by atoms with Crippen molar-refractivity contribution >= 4 is 52.5 Å². The van der Waals surface area contributed by atoms with E-state index in [1.807, 2.05) is 19.1 Å². The molecule has 3 rings (SSSR count). The summed E-state index contributed by atoms with van der Waals surface area (Å²) in [6.07, 6.45) is 1.51. The quantitative estimate of drug-likeness (QED) is 0.480. The number of hydrogen-bond donors (Lipinski definition) is 1. The van der Waals surface area contributed by atoms with Crippen LogP contribution in [0.5, 0.6) is 5.75 Å². The first-order valence-corrected chi connectivity index (χ1v) is 9.11. The van der Waals surface area contributed by atoms with Gasteiger partial charge in [0.2, 0.25) is 0 Å². The predicted molar refractivity (Wildman–Crippen MR) is 110 cm³/mol. The highest BCUT2D eigenvalue weighted by Gasteiger charge is 2.35. The zero-order valence-electron chi connectivity index (χ0n) is 14.8. The summed E-state index contributed by atoms with van der Waals surface area (Å²) in [5.41, 5.74) is 1.82. The second kappa shape index (κ2) is 7.90. The van der Waals surface area contributed by atoms with Crippen molar-refractivity contribution in [2.45, 2.75) is 13.8 Å². The zero-order valence-corrected chi connectivity index (χ0v) is 16.4. The first kappa shape index (κ1) is 19.1. The summed E-state index contributed by atoms with van der Waals surface area (Å²) < 4.78 is 5.57. The van der Waals surface area contributed by atoms with Gasteiger partial charge < -0.3 is 4.74 Å². The van der Waals surface area contributed by atoms with Gasteiger partial charge in [-0.1, -0.05) is 35.9 Å². The molecule has 0 unspecified atom stereocenters. The highest BCUT2D eigenvalue weighted by Crippen LogP contribution is 2.30. The Labute approximate surface area is 167 Å². The van der Waals surface area contributed by atoms with Gasteiger partial charge in [-0.25, -0.2) is 0 Å². The van der Waals surface area contributed by atoms with E-state index in [4.69, 9.17) is 28.6 Å². The van der Waals surface area contributed by atoms with Crippen LogP contribution in [-0.4, -0.2) is 23.5 Å². The average molecular weight is 401 g/mol. The summed E-state index contributed by atoms with van der Waals surface area (Å²) in [6.45, 7) is 4.13.